The molecule has 196 valence electrons. The SMILES string of the molecule is COCCCOc1cc(C([C@@H](C)C(=O)O)[C@H](O)[C@@H](N)C[C@H](C)C(C)C)ccc1OCCCCN. The molecule has 0 radical (unpaired) electrons. The highest BCUT2D eigenvalue weighted by atomic mass is 16.5. The fourth-order valence-corrected chi connectivity index (χ4v) is 3.82. The van der Waals surface area contributed by atoms with E-state index in [1.165, 1.54) is 0 Å². The number of rotatable bonds is 18. The summed E-state index contributed by atoms with van der Waals surface area (Å²) >= 11 is 0. The molecule has 6 N–H and O–H groups in total. The minimum atomic E-state index is -1.02. The van der Waals surface area contributed by atoms with Gasteiger partial charge in [-0.2, -0.15) is 0 Å². The van der Waals surface area contributed by atoms with Gasteiger partial charge in [-0.05, 0) is 55.3 Å². The molecule has 8 heteroatoms. The maximum Gasteiger partial charge on any atom is 0.306 e. The normalized spacial score (nSPS) is 16.0. The molecule has 0 fully saturated rings. The molecule has 5 atom stereocenters. The topological polar surface area (TPSA) is 137 Å². The summed E-state index contributed by atoms with van der Waals surface area (Å²) in [4.78, 5) is 11.9. The van der Waals surface area contributed by atoms with E-state index in [9.17, 15) is 15.0 Å². The smallest absolute Gasteiger partial charge is 0.306 e. The number of carbonyl (C=O) groups is 1. The minimum absolute atomic E-state index is 0.300. The van der Waals surface area contributed by atoms with Gasteiger partial charge in [0.15, 0.2) is 11.5 Å². The van der Waals surface area contributed by atoms with E-state index in [1.807, 2.05) is 0 Å². The number of aliphatic hydroxyl groups excluding tert-OH is 1. The Morgan fingerprint density at radius 1 is 1.00 bits per heavy atom. The number of hydrogen-bond donors (Lipinski definition) is 4. The predicted molar refractivity (Wildman–Crippen MR) is 134 cm³/mol. The summed E-state index contributed by atoms with van der Waals surface area (Å²) in [6.45, 7) is 10.0. The Balaban J connectivity index is 3.23. The van der Waals surface area contributed by atoms with Crippen molar-refractivity contribution in [2.75, 3.05) is 33.5 Å². The summed E-state index contributed by atoms with van der Waals surface area (Å²) in [6, 6.07) is 4.80. The van der Waals surface area contributed by atoms with Crippen molar-refractivity contribution in [1.29, 1.82) is 0 Å². The average Bonchev–Trinajstić information content (AvgIpc) is 2.80. The van der Waals surface area contributed by atoms with E-state index in [0.29, 0.717) is 68.1 Å². The van der Waals surface area contributed by atoms with E-state index in [1.54, 1.807) is 32.2 Å². The molecule has 0 aliphatic carbocycles. The first kappa shape index (κ1) is 30.2. The lowest BCUT2D eigenvalue weighted by Gasteiger charge is -2.33. The highest BCUT2D eigenvalue weighted by molar-refractivity contribution is 5.71. The number of benzene rings is 1. The number of nitrogens with two attached hydrogens (primary N) is 2. The summed E-state index contributed by atoms with van der Waals surface area (Å²) in [5, 5.41) is 21.0. The van der Waals surface area contributed by atoms with Crippen molar-refractivity contribution in [3.8, 4) is 11.5 Å². The van der Waals surface area contributed by atoms with Gasteiger partial charge in [0.25, 0.3) is 0 Å². The van der Waals surface area contributed by atoms with Gasteiger partial charge < -0.3 is 35.9 Å². The van der Waals surface area contributed by atoms with Crippen molar-refractivity contribution in [2.24, 2.45) is 29.2 Å². The molecule has 0 amide bonds. The third-order valence-electron chi connectivity index (χ3n) is 6.48. The first-order chi connectivity index (χ1) is 16.1. The summed E-state index contributed by atoms with van der Waals surface area (Å²) in [5.74, 6) is -0.719. The van der Waals surface area contributed by atoms with Crippen LogP contribution in [0, 0.1) is 17.8 Å². The first-order valence-electron chi connectivity index (χ1n) is 12.4. The zero-order chi connectivity index (χ0) is 25.7. The van der Waals surface area contributed by atoms with Crippen molar-refractivity contribution in [2.45, 2.75) is 71.4 Å². The lowest BCUT2D eigenvalue weighted by atomic mass is 9.77. The Kier molecular flexibility index (Phi) is 14.1. The van der Waals surface area contributed by atoms with Crippen molar-refractivity contribution >= 4 is 5.97 Å². The molecule has 1 unspecified atom stereocenters. The van der Waals surface area contributed by atoms with Crippen molar-refractivity contribution in [3.05, 3.63) is 23.8 Å². The van der Waals surface area contributed by atoms with Crippen molar-refractivity contribution < 1.29 is 29.2 Å². The number of methoxy groups -OCH3 is 1. The van der Waals surface area contributed by atoms with Crippen LogP contribution in [0.5, 0.6) is 11.5 Å². The number of aliphatic carboxylic acids is 1. The Bertz CT molecular complexity index is 715. The number of carboxylic acid groups (broad SMARTS) is 1. The fourth-order valence-electron chi connectivity index (χ4n) is 3.82. The average molecular weight is 483 g/mol. The van der Waals surface area contributed by atoms with Crippen LogP contribution in [0.1, 0.15) is 64.9 Å². The van der Waals surface area contributed by atoms with Gasteiger partial charge in [0.05, 0.1) is 25.2 Å². The van der Waals surface area contributed by atoms with Crippen molar-refractivity contribution in [1.82, 2.24) is 0 Å². The van der Waals surface area contributed by atoms with Gasteiger partial charge in [-0.15, -0.1) is 0 Å². The molecule has 34 heavy (non-hydrogen) atoms. The Morgan fingerprint density at radius 2 is 1.65 bits per heavy atom. The number of ether oxygens (including phenoxy) is 3. The van der Waals surface area contributed by atoms with Crippen molar-refractivity contribution in [3.63, 3.8) is 0 Å². The molecular formula is C26H46N2O6. The molecule has 0 bridgehead atoms. The zero-order valence-corrected chi connectivity index (χ0v) is 21.5. The van der Waals surface area contributed by atoms with E-state index >= 15 is 0 Å². The van der Waals surface area contributed by atoms with Crippen LogP contribution in [0.25, 0.3) is 0 Å². The van der Waals surface area contributed by atoms with E-state index in [4.69, 9.17) is 25.7 Å². The molecule has 0 heterocycles. The predicted octanol–water partition coefficient (Wildman–Crippen LogP) is 3.39. The largest absolute Gasteiger partial charge is 0.490 e. The molecular weight excluding hydrogens is 436 g/mol. The number of unbranched alkanes of at least 4 members (excludes halogenated alkanes) is 1. The van der Waals surface area contributed by atoms with E-state index < -0.39 is 30.0 Å². The van der Waals surface area contributed by atoms with Gasteiger partial charge in [-0.3, -0.25) is 4.79 Å². The quantitative estimate of drug-likeness (QED) is 0.234. The number of aliphatic hydroxyl groups is 1. The molecule has 0 saturated heterocycles. The summed E-state index contributed by atoms with van der Waals surface area (Å²) < 4.78 is 17.0. The Labute approximate surface area is 205 Å². The second-order valence-electron chi connectivity index (χ2n) is 9.51. The molecule has 8 nitrogen and oxygen atoms in total. The lowest BCUT2D eigenvalue weighted by molar-refractivity contribution is -0.143. The van der Waals surface area contributed by atoms with Crippen LogP contribution in [0.4, 0.5) is 0 Å². The van der Waals surface area contributed by atoms with E-state index in [0.717, 1.165) is 12.8 Å². The van der Waals surface area contributed by atoms with Crippen LogP contribution >= 0.6 is 0 Å². The summed E-state index contributed by atoms with van der Waals surface area (Å²) in [5.41, 5.74) is 12.6. The number of carboxylic acids is 1. The summed E-state index contributed by atoms with van der Waals surface area (Å²) in [7, 11) is 1.63. The Morgan fingerprint density at radius 3 is 2.24 bits per heavy atom. The molecule has 0 aliphatic rings. The van der Waals surface area contributed by atoms with Gasteiger partial charge in [-0.1, -0.05) is 33.8 Å². The Hall–Kier alpha value is -1.87. The zero-order valence-electron chi connectivity index (χ0n) is 21.5. The monoisotopic (exact) mass is 482 g/mol. The van der Waals surface area contributed by atoms with Crippen LogP contribution in [0.3, 0.4) is 0 Å². The lowest BCUT2D eigenvalue weighted by Crippen LogP contribution is -2.43. The highest BCUT2D eigenvalue weighted by Crippen LogP contribution is 2.37. The van der Waals surface area contributed by atoms with Crippen LogP contribution in [-0.2, 0) is 9.53 Å². The van der Waals surface area contributed by atoms with Gasteiger partial charge in [0.1, 0.15) is 0 Å². The van der Waals surface area contributed by atoms with Crippen LogP contribution in [0.2, 0.25) is 0 Å². The highest BCUT2D eigenvalue weighted by Gasteiger charge is 2.36. The standard InChI is InChI=1S/C26H46N2O6/c1-17(2)18(3)15-21(28)25(29)24(19(4)26(30)31)20-9-10-22(33-13-7-6-11-27)23(16-20)34-14-8-12-32-5/h9-10,16-19,21,24-25,29H,6-8,11-15,27-28H2,1-5H3,(H,30,31)/t18-,19+,21-,24?,25+/m0/s1. The van der Waals surface area contributed by atoms with Crippen LogP contribution < -0.4 is 20.9 Å². The molecule has 0 spiro atoms. The van der Waals surface area contributed by atoms with Gasteiger partial charge in [0, 0.05) is 32.1 Å². The molecule has 0 saturated carbocycles. The second-order valence-corrected chi connectivity index (χ2v) is 9.51. The van der Waals surface area contributed by atoms with Crippen LogP contribution in [0.15, 0.2) is 18.2 Å². The first-order valence-corrected chi connectivity index (χ1v) is 12.4. The molecule has 1 aromatic rings. The minimum Gasteiger partial charge on any atom is -0.490 e. The second kappa shape index (κ2) is 15.9. The molecule has 0 aliphatic heterocycles. The van der Waals surface area contributed by atoms with Gasteiger partial charge in [0.2, 0.25) is 0 Å². The van der Waals surface area contributed by atoms with E-state index in [-0.39, 0.29) is 0 Å². The van der Waals surface area contributed by atoms with Crippen LogP contribution in [-0.4, -0.2) is 61.8 Å². The molecule has 0 aromatic heterocycles. The van der Waals surface area contributed by atoms with Gasteiger partial charge in [-0.25, -0.2) is 0 Å². The third kappa shape index (κ3) is 9.78. The maximum atomic E-state index is 11.9. The van der Waals surface area contributed by atoms with Gasteiger partial charge >= 0.3 is 5.97 Å². The van der Waals surface area contributed by atoms with E-state index in [2.05, 4.69) is 20.8 Å². The maximum absolute atomic E-state index is 11.9. The fraction of sp³-hybridized carbons (Fsp3) is 0.731. The molecule has 1 rings (SSSR count). The third-order valence-corrected chi connectivity index (χ3v) is 6.48. The number of hydrogen-bond acceptors (Lipinski definition) is 7. The molecule has 1 aromatic carbocycles. The summed E-state index contributed by atoms with van der Waals surface area (Å²) in [6.07, 6.45) is 1.96.